The van der Waals surface area contributed by atoms with Crippen LogP contribution in [0.1, 0.15) is 18.4 Å². The molecule has 0 radical (unpaired) electrons. The van der Waals surface area contributed by atoms with Crippen LogP contribution < -0.4 is 5.32 Å². The molecule has 4 nitrogen and oxygen atoms in total. The predicted octanol–water partition coefficient (Wildman–Crippen LogP) is 5.38. The molecule has 0 aliphatic rings. The molecular formula is C20H21N3OS3. The molecule has 3 aromatic rings. The minimum atomic E-state index is -0.0183. The molecule has 0 bridgehead atoms. The molecule has 0 saturated carbocycles. The van der Waals surface area contributed by atoms with Crippen molar-refractivity contribution < 1.29 is 4.79 Å². The van der Waals surface area contributed by atoms with Crippen LogP contribution in [-0.2, 0) is 11.2 Å². The molecule has 0 spiro atoms. The lowest BCUT2D eigenvalue weighted by molar-refractivity contribution is -0.115. The van der Waals surface area contributed by atoms with Crippen molar-refractivity contribution in [2.24, 2.45) is 0 Å². The van der Waals surface area contributed by atoms with Gasteiger partial charge in [0, 0.05) is 22.8 Å². The van der Waals surface area contributed by atoms with Crippen molar-refractivity contribution in [1.82, 2.24) is 10.2 Å². The van der Waals surface area contributed by atoms with Crippen molar-refractivity contribution in [3.05, 3.63) is 66.2 Å². The van der Waals surface area contributed by atoms with E-state index in [2.05, 4.69) is 51.9 Å². The van der Waals surface area contributed by atoms with Gasteiger partial charge in [0.05, 0.1) is 0 Å². The number of anilines is 1. The molecule has 0 unspecified atom stereocenters. The van der Waals surface area contributed by atoms with E-state index in [9.17, 15) is 4.79 Å². The Morgan fingerprint density at radius 1 is 0.926 bits per heavy atom. The van der Waals surface area contributed by atoms with Crippen LogP contribution in [0.15, 0.2) is 69.9 Å². The molecule has 3 rings (SSSR count). The van der Waals surface area contributed by atoms with Gasteiger partial charge in [-0.3, -0.25) is 4.79 Å². The summed E-state index contributed by atoms with van der Waals surface area (Å²) in [5.41, 5.74) is 1.36. The number of benzene rings is 2. The van der Waals surface area contributed by atoms with Gasteiger partial charge in [0.15, 0.2) is 4.34 Å². The third-order valence-electron chi connectivity index (χ3n) is 3.67. The van der Waals surface area contributed by atoms with Gasteiger partial charge in [-0.2, -0.15) is 0 Å². The molecule has 7 heteroatoms. The molecular weight excluding hydrogens is 394 g/mol. The van der Waals surface area contributed by atoms with Gasteiger partial charge in [0.25, 0.3) is 0 Å². The molecule has 0 aliphatic heterocycles. The summed E-state index contributed by atoms with van der Waals surface area (Å²) in [4.78, 5) is 13.2. The minimum absolute atomic E-state index is 0.0183. The summed E-state index contributed by atoms with van der Waals surface area (Å²) in [5, 5.41) is 11.6. The van der Waals surface area contributed by atoms with Crippen LogP contribution in [0.4, 0.5) is 5.13 Å². The van der Waals surface area contributed by atoms with E-state index in [1.54, 1.807) is 23.5 Å². The van der Waals surface area contributed by atoms with Crippen LogP contribution >= 0.6 is 34.9 Å². The fraction of sp³-hybridized carbons (Fsp3) is 0.250. The zero-order valence-corrected chi connectivity index (χ0v) is 17.3. The molecule has 140 valence electrons. The van der Waals surface area contributed by atoms with Crippen molar-refractivity contribution >= 4 is 45.9 Å². The normalized spacial score (nSPS) is 10.7. The number of carbonyl (C=O) groups excluding carboxylic acids is 1. The lowest BCUT2D eigenvalue weighted by Crippen LogP contribution is -2.11. The number of amides is 1. The van der Waals surface area contributed by atoms with E-state index >= 15 is 0 Å². The number of rotatable bonds is 10. The second kappa shape index (κ2) is 11.1. The Labute approximate surface area is 172 Å². The summed E-state index contributed by atoms with van der Waals surface area (Å²) >= 11 is 4.81. The highest BCUT2D eigenvalue weighted by atomic mass is 32.2. The van der Waals surface area contributed by atoms with Crippen LogP contribution in [0, 0.1) is 0 Å². The summed E-state index contributed by atoms with van der Waals surface area (Å²) in [6.45, 7) is 0. The summed E-state index contributed by atoms with van der Waals surface area (Å²) in [6, 6.07) is 20.6. The second-order valence-corrected chi connectivity index (χ2v) is 9.26. The predicted molar refractivity (Wildman–Crippen MR) is 116 cm³/mol. The molecule has 1 heterocycles. The number of hydrogen-bond acceptors (Lipinski definition) is 6. The Kier molecular flexibility index (Phi) is 8.20. The third kappa shape index (κ3) is 7.36. The van der Waals surface area contributed by atoms with E-state index in [-0.39, 0.29) is 5.91 Å². The number of hydrogen-bond donors (Lipinski definition) is 1. The Morgan fingerprint density at radius 3 is 2.44 bits per heavy atom. The smallest absolute Gasteiger partial charge is 0.227 e. The number of nitrogens with one attached hydrogen (secondary N) is 1. The van der Waals surface area contributed by atoms with Crippen molar-refractivity contribution in [2.45, 2.75) is 28.5 Å². The average Bonchev–Trinajstić information content (AvgIpc) is 3.14. The molecule has 0 aliphatic carbocycles. The van der Waals surface area contributed by atoms with Gasteiger partial charge in [-0.15, -0.1) is 22.0 Å². The van der Waals surface area contributed by atoms with Crippen molar-refractivity contribution in [3.63, 3.8) is 0 Å². The van der Waals surface area contributed by atoms with Crippen molar-refractivity contribution in [1.29, 1.82) is 0 Å². The quantitative estimate of drug-likeness (QED) is 0.273. The van der Waals surface area contributed by atoms with E-state index in [0.717, 1.165) is 28.7 Å². The largest absolute Gasteiger partial charge is 0.300 e. The number of carbonyl (C=O) groups is 1. The molecule has 1 N–H and O–H groups in total. The first-order valence-corrected chi connectivity index (χ1v) is 11.6. The first-order chi connectivity index (χ1) is 13.3. The number of aryl methyl sites for hydroxylation is 1. The minimum Gasteiger partial charge on any atom is -0.300 e. The molecule has 0 fully saturated rings. The fourth-order valence-electron chi connectivity index (χ4n) is 2.36. The van der Waals surface area contributed by atoms with E-state index < -0.39 is 0 Å². The first-order valence-electron chi connectivity index (χ1n) is 8.77. The van der Waals surface area contributed by atoms with E-state index in [1.807, 2.05) is 24.3 Å². The van der Waals surface area contributed by atoms with Gasteiger partial charge >= 0.3 is 0 Å². The van der Waals surface area contributed by atoms with Crippen LogP contribution in [0.5, 0.6) is 0 Å². The van der Waals surface area contributed by atoms with Gasteiger partial charge in [0.2, 0.25) is 11.0 Å². The van der Waals surface area contributed by atoms with Crippen LogP contribution in [0.25, 0.3) is 0 Å². The Balaban J connectivity index is 1.33. The van der Waals surface area contributed by atoms with E-state index in [1.165, 1.54) is 21.8 Å². The van der Waals surface area contributed by atoms with Gasteiger partial charge in [-0.25, -0.2) is 0 Å². The highest BCUT2D eigenvalue weighted by Crippen LogP contribution is 2.26. The molecule has 1 amide bonds. The maximum atomic E-state index is 12.0. The van der Waals surface area contributed by atoms with E-state index in [4.69, 9.17) is 0 Å². The maximum Gasteiger partial charge on any atom is 0.227 e. The summed E-state index contributed by atoms with van der Waals surface area (Å²) in [5.74, 6) is 1.72. The molecule has 27 heavy (non-hydrogen) atoms. The summed E-state index contributed by atoms with van der Waals surface area (Å²) in [7, 11) is 0. The topological polar surface area (TPSA) is 54.9 Å². The van der Waals surface area contributed by atoms with E-state index in [0.29, 0.717) is 11.6 Å². The molecule has 2 aromatic carbocycles. The monoisotopic (exact) mass is 415 g/mol. The molecule has 1 aromatic heterocycles. The zero-order valence-electron chi connectivity index (χ0n) is 14.8. The molecule has 0 saturated heterocycles. The maximum absolute atomic E-state index is 12.0. The van der Waals surface area contributed by atoms with Crippen LogP contribution in [0.2, 0.25) is 0 Å². The number of thioether (sulfide) groups is 2. The van der Waals surface area contributed by atoms with Crippen LogP contribution in [-0.4, -0.2) is 27.6 Å². The van der Waals surface area contributed by atoms with Crippen molar-refractivity contribution in [3.8, 4) is 0 Å². The SMILES string of the molecule is O=C(CCSc1ccccc1)Nc1nnc(SCCCc2ccccc2)s1. The van der Waals surface area contributed by atoms with Gasteiger partial charge in [0.1, 0.15) is 0 Å². The summed E-state index contributed by atoms with van der Waals surface area (Å²) in [6.07, 6.45) is 2.61. The fourth-order valence-corrected chi connectivity index (χ4v) is 5.01. The van der Waals surface area contributed by atoms with Gasteiger partial charge in [-0.05, 0) is 30.5 Å². The molecule has 0 atom stereocenters. The van der Waals surface area contributed by atoms with Gasteiger partial charge in [-0.1, -0.05) is 71.6 Å². The zero-order chi connectivity index (χ0) is 18.7. The number of nitrogens with zero attached hydrogens (tertiary/aromatic N) is 2. The third-order valence-corrected chi connectivity index (χ3v) is 6.74. The Morgan fingerprint density at radius 2 is 1.67 bits per heavy atom. The average molecular weight is 416 g/mol. The highest BCUT2D eigenvalue weighted by Gasteiger charge is 2.09. The lowest BCUT2D eigenvalue weighted by Gasteiger charge is -2.01. The second-order valence-electron chi connectivity index (χ2n) is 5.77. The number of aromatic nitrogens is 2. The summed E-state index contributed by atoms with van der Waals surface area (Å²) < 4.78 is 0.900. The Bertz CT molecular complexity index is 825. The lowest BCUT2D eigenvalue weighted by atomic mass is 10.1. The van der Waals surface area contributed by atoms with Crippen LogP contribution in [0.3, 0.4) is 0 Å². The highest BCUT2D eigenvalue weighted by molar-refractivity contribution is 8.01. The van der Waals surface area contributed by atoms with Gasteiger partial charge < -0.3 is 5.32 Å². The standard InChI is InChI=1S/C20H21N3OS3/c24-18(13-15-25-17-11-5-2-6-12-17)21-19-22-23-20(27-19)26-14-7-10-16-8-3-1-4-9-16/h1-6,8-9,11-12H,7,10,13-15H2,(H,21,22,24). The first kappa shape index (κ1) is 19.9. The Hall–Kier alpha value is -1.83. The van der Waals surface area contributed by atoms with Crippen molar-refractivity contribution in [2.75, 3.05) is 16.8 Å².